The van der Waals surface area contributed by atoms with Crippen molar-refractivity contribution in [3.63, 3.8) is 0 Å². The van der Waals surface area contributed by atoms with E-state index in [1.54, 1.807) is 36.4 Å². The van der Waals surface area contributed by atoms with Crippen LogP contribution in [0.4, 0.5) is 5.69 Å². The molecule has 0 aliphatic heterocycles. The van der Waals surface area contributed by atoms with Crippen LogP contribution in [0.15, 0.2) is 53.4 Å². The molecule has 0 aliphatic carbocycles. The molecular formula is C19H25ClN3O3S+. The number of halogens is 1. The lowest BCUT2D eigenvalue weighted by Crippen LogP contribution is -3.05. The first kappa shape index (κ1) is 21.2. The van der Waals surface area contributed by atoms with Gasteiger partial charge in [0.05, 0.1) is 31.2 Å². The molecule has 0 aliphatic rings. The number of amides is 1. The summed E-state index contributed by atoms with van der Waals surface area (Å²) >= 11 is 5.96. The Morgan fingerprint density at radius 2 is 1.85 bits per heavy atom. The van der Waals surface area contributed by atoms with Gasteiger partial charge in [-0.1, -0.05) is 23.7 Å². The molecule has 0 atom stereocenters. The Labute approximate surface area is 165 Å². The van der Waals surface area contributed by atoms with E-state index in [0.717, 1.165) is 17.3 Å². The second kappa shape index (κ2) is 9.21. The number of carbonyl (C=O) groups is 1. The van der Waals surface area contributed by atoms with Crippen molar-refractivity contribution in [2.75, 3.05) is 38.5 Å². The van der Waals surface area contributed by atoms with E-state index in [9.17, 15) is 13.2 Å². The summed E-state index contributed by atoms with van der Waals surface area (Å²) in [5, 5.41) is 3.27. The highest BCUT2D eigenvalue weighted by Gasteiger charge is 2.22. The first-order chi connectivity index (χ1) is 12.7. The van der Waals surface area contributed by atoms with E-state index >= 15 is 0 Å². The molecule has 8 heteroatoms. The summed E-state index contributed by atoms with van der Waals surface area (Å²) in [5.74, 6) is -0.286. The molecule has 2 N–H and O–H groups in total. The number of nitrogens with zero attached hydrogens (tertiary/aromatic N) is 1. The number of carbonyl (C=O) groups excluding carboxylic acids is 1. The van der Waals surface area contributed by atoms with E-state index in [1.807, 2.05) is 14.1 Å². The van der Waals surface area contributed by atoms with Gasteiger partial charge in [-0.15, -0.1) is 0 Å². The van der Waals surface area contributed by atoms with Crippen molar-refractivity contribution < 1.29 is 18.1 Å². The third kappa shape index (κ3) is 5.69. The molecule has 0 aromatic heterocycles. The first-order valence-corrected chi connectivity index (χ1v) is 10.5. The maximum atomic E-state index is 12.9. The molecule has 0 spiro atoms. The van der Waals surface area contributed by atoms with Gasteiger partial charge in [0.2, 0.25) is 0 Å². The van der Waals surface area contributed by atoms with E-state index in [1.165, 1.54) is 24.1 Å². The maximum Gasteiger partial charge on any atom is 0.264 e. The minimum absolute atomic E-state index is 0.0513. The quantitative estimate of drug-likeness (QED) is 0.647. The summed E-state index contributed by atoms with van der Waals surface area (Å²) in [4.78, 5) is 13.7. The van der Waals surface area contributed by atoms with Gasteiger partial charge in [0, 0.05) is 30.6 Å². The maximum absolute atomic E-state index is 12.9. The molecule has 0 heterocycles. The van der Waals surface area contributed by atoms with Crippen LogP contribution in [0.5, 0.6) is 0 Å². The van der Waals surface area contributed by atoms with E-state index in [-0.39, 0.29) is 10.8 Å². The van der Waals surface area contributed by atoms with Gasteiger partial charge in [0.1, 0.15) is 0 Å². The van der Waals surface area contributed by atoms with Crippen LogP contribution < -0.4 is 14.5 Å². The average Bonchev–Trinajstić information content (AvgIpc) is 2.64. The van der Waals surface area contributed by atoms with E-state index in [4.69, 9.17) is 11.6 Å². The minimum Gasteiger partial charge on any atom is -0.352 e. The van der Waals surface area contributed by atoms with E-state index < -0.39 is 10.0 Å². The lowest BCUT2D eigenvalue weighted by atomic mass is 10.2. The number of hydrogen-bond donors (Lipinski definition) is 2. The van der Waals surface area contributed by atoms with Crippen molar-refractivity contribution in [2.24, 2.45) is 0 Å². The molecule has 0 unspecified atom stereocenters. The third-order valence-electron chi connectivity index (χ3n) is 4.07. The van der Waals surface area contributed by atoms with Gasteiger partial charge in [0.15, 0.2) is 0 Å². The van der Waals surface area contributed by atoms with Crippen LogP contribution >= 0.6 is 11.6 Å². The number of quaternary nitrogens is 1. The fourth-order valence-corrected chi connectivity index (χ4v) is 3.93. The SMILES string of the molecule is CN(c1cccc(Cl)c1)S(=O)(=O)c1cccc(C(=O)NCCC[NH+](C)C)c1. The highest BCUT2D eigenvalue weighted by molar-refractivity contribution is 7.92. The lowest BCUT2D eigenvalue weighted by molar-refractivity contribution is -0.858. The molecule has 0 bridgehead atoms. The Balaban J connectivity index is 2.16. The standard InChI is InChI=1S/C19H24ClN3O3S/c1-22(2)12-6-11-21-19(24)15-7-4-10-18(13-15)27(25,26)23(3)17-9-5-8-16(20)14-17/h4-5,7-10,13-14H,6,11-12H2,1-3H3,(H,21,24)/p+1. The number of benzene rings is 2. The summed E-state index contributed by atoms with van der Waals surface area (Å²) < 4.78 is 27.0. The number of nitrogens with one attached hydrogen (secondary N) is 2. The summed E-state index contributed by atoms with van der Waals surface area (Å²) in [7, 11) is 1.74. The van der Waals surface area contributed by atoms with Gasteiger partial charge in [-0.3, -0.25) is 9.10 Å². The van der Waals surface area contributed by atoms with Gasteiger partial charge < -0.3 is 10.2 Å². The van der Waals surface area contributed by atoms with Crippen LogP contribution in [0.1, 0.15) is 16.8 Å². The van der Waals surface area contributed by atoms with Gasteiger partial charge in [-0.2, -0.15) is 0 Å². The molecule has 1 amide bonds. The van der Waals surface area contributed by atoms with Crippen LogP contribution in [0.25, 0.3) is 0 Å². The summed E-state index contributed by atoms with van der Waals surface area (Å²) in [6, 6.07) is 12.6. The second-order valence-corrected chi connectivity index (χ2v) is 8.95. The predicted octanol–water partition coefficient (Wildman–Crippen LogP) is 1.43. The molecule has 0 saturated carbocycles. The zero-order valence-corrected chi connectivity index (χ0v) is 17.3. The van der Waals surface area contributed by atoms with Gasteiger partial charge >= 0.3 is 0 Å². The Bertz CT molecular complexity index is 901. The average molecular weight is 411 g/mol. The van der Waals surface area contributed by atoms with Gasteiger partial charge in [-0.05, 0) is 36.4 Å². The van der Waals surface area contributed by atoms with E-state index in [0.29, 0.717) is 22.8 Å². The topological polar surface area (TPSA) is 70.9 Å². The molecular weight excluding hydrogens is 386 g/mol. The normalized spacial score (nSPS) is 11.4. The number of rotatable bonds is 8. The Morgan fingerprint density at radius 3 is 2.52 bits per heavy atom. The zero-order chi connectivity index (χ0) is 20.0. The molecule has 6 nitrogen and oxygen atoms in total. The zero-order valence-electron chi connectivity index (χ0n) is 15.7. The molecule has 2 aromatic rings. The fraction of sp³-hybridized carbons (Fsp3) is 0.316. The van der Waals surface area contributed by atoms with Crippen molar-refractivity contribution in [3.05, 3.63) is 59.1 Å². The second-order valence-electron chi connectivity index (χ2n) is 6.55. The highest BCUT2D eigenvalue weighted by atomic mass is 35.5. The van der Waals surface area contributed by atoms with E-state index in [2.05, 4.69) is 5.32 Å². The molecule has 146 valence electrons. The molecule has 2 rings (SSSR count). The van der Waals surface area contributed by atoms with Crippen molar-refractivity contribution in [2.45, 2.75) is 11.3 Å². The molecule has 27 heavy (non-hydrogen) atoms. The monoisotopic (exact) mass is 410 g/mol. The minimum atomic E-state index is -3.81. The predicted molar refractivity (Wildman–Crippen MR) is 108 cm³/mol. The largest absolute Gasteiger partial charge is 0.352 e. The van der Waals surface area contributed by atoms with Crippen LogP contribution in [-0.4, -0.2) is 48.6 Å². The Morgan fingerprint density at radius 1 is 1.15 bits per heavy atom. The number of sulfonamides is 1. The summed E-state index contributed by atoms with van der Waals surface area (Å²) in [6.45, 7) is 1.49. The highest BCUT2D eigenvalue weighted by Crippen LogP contribution is 2.25. The Hall–Kier alpha value is -2.09. The van der Waals surface area contributed by atoms with Crippen molar-refractivity contribution in [3.8, 4) is 0 Å². The van der Waals surface area contributed by atoms with Gasteiger partial charge in [-0.25, -0.2) is 8.42 Å². The Kier molecular flexibility index (Phi) is 7.24. The molecule has 0 radical (unpaired) electrons. The van der Waals surface area contributed by atoms with Crippen LogP contribution in [0.3, 0.4) is 0 Å². The molecule has 0 saturated heterocycles. The third-order valence-corrected chi connectivity index (χ3v) is 6.08. The molecule has 0 fully saturated rings. The van der Waals surface area contributed by atoms with Crippen molar-refractivity contribution in [1.29, 1.82) is 0 Å². The summed E-state index contributed by atoms with van der Waals surface area (Å²) in [6.07, 6.45) is 0.851. The van der Waals surface area contributed by atoms with Crippen LogP contribution in [-0.2, 0) is 10.0 Å². The van der Waals surface area contributed by atoms with Crippen LogP contribution in [0, 0.1) is 0 Å². The first-order valence-electron chi connectivity index (χ1n) is 8.63. The summed E-state index contributed by atoms with van der Waals surface area (Å²) in [5.41, 5.74) is 0.760. The number of hydrogen-bond acceptors (Lipinski definition) is 3. The lowest BCUT2D eigenvalue weighted by Gasteiger charge is -2.20. The fourth-order valence-electron chi connectivity index (χ4n) is 2.51. The number of anilines is 1. The van der Waals surface area contributed by atoms with Gasteiger partial charge in [0.25, 0.3) is 15.9 Å². The van der Waals surface area contributed by atoms with Crippen LogP contribution in [0.2, 0.25) is 5.02 Å². The smallest absolute Gasteiger partial charge is 0.264 e. The van der Waals surface area contributed by atoms with Crippen molar-refractivity contribution in [1.82, 2.24) is 5.32 Å². The molecule has 2 aromatic carbocycles. The van der Waals surface area contributed by atoms with Crippen molar-refractivity contribution >= 4 is 33.2 Å².